The Hall–Kier alpha value is -7.57. The van der Waals surface area contributed by atoms with E-state index in [-0.39, 0.29) is 0 Å². The van der Waals surface area contributed by atoms with Crippen molar-refractivity contribution in [2.24, 2.45) is 15.0 Å². The van der Waals surface area contributed by atoms with E-state index in [1.165, 1.54) is 5.70 Å². The summed E-state index contributed by atoms with van der Waals surface area (Å²) in [6.07, 6.45) is 14.1. The summed E-state index contributed by atoms with van der Waals surface area (Å²) in [7, 11) is 0. The van der Waals surface area contributed by atoms with Crippen LogP contribution in [0.4, 0.5) is 11.4 Å². The number of furan rings is 1. The van der Waals surface area contributed by atoms with Gasteiger partial charge in [-0.1, -0.05) is 133 Å². The molecule has 7 aromatic rings. The molecule has 286 valence electrons. The topological polar surface area (TPSA) is 62.7 Å². The first-order chi connectivity index (χ1) is 29.1. The molecular formula is C53H42N4O2. The van der Waals surface area contributed by atoms with Gasteiger partial charge in [-0.05, 0) is 109 Å². The molecule has 6 nitrogen and oxygen atoms in total. The Balaban J connectivity index is 1.12. The monoisotopic (exact) mass is 766 g/mol. The number of hydrogen-bond donors (Lipinski definition) is 0. The lowest BCUT2D eigenvalue weighted by molar-refractivity contribution is 0.421. The summed E-state index contributed by atoms with van der Waals surface area (Å²) >= 11 is 0. The van der Waals surface area contributed by atoms with E-state index in [9.17, 15) is 0 Å². The number of hydrogen-bond acceptors (Lipinski definition) is 4. The maximum absolute atomic E-state index is 6.54. The SMILES string of the molecule is C=NC(=NC(C=c1/c(=C\C=C/C)oc2ccc(-c3ccc(N4C5=C(C=CCC5)Oc5cc(-c6ccccc6)ccc54)cc3)cc12)=NCc1ccccc1)c1ccccc1. The summed E-state index contributed by atoms with van der Waals surface area (Å²) in [5, 5.41) is 1.84. The summed E-state index contributed by atoms with van der Waals surface area (Å²) in [5.41, 5.74) is 11.1. The summed E-state index contributed by atoms with van der Waals surface area (Å²) in [6, 6.07) is 52.1. The van der Waals surface area contributed by atoms with Gasteiger partial charge in [-0.2, -0.15) is 0 Å². The van der Waals surface area contributed by atoms with Crippen LogP contribution in [0.1, 0.15) is 30.9 Å². The van der Waals surface area contributed by atoms with Crippen molar-refractivity contribution in [1.82, 2.24) is 0 Å². The van der Waals surface area contributed by atoms with Gasteiger partial charge >= 0.3 is 0 Å². The minimum atomic E-state index is 0.452. The van der Waals surface area contributed by atoms with Crippen LogP contribution < -0.4 is 20.3 Å². The second-order valence-corrected chi connectivity index (χ2v) is 14.3. The Bertz CT molecular complexity index is 2940. The molecule has 6 aromatic carbocycles. The van der Waals surface area contributed by atoms with Crippen molar-refractivity contribution < 1.29 is 9.15 Å². The molecule has 0 bridgehead atoms. The first-order valence-electron chi connectivity index (χ1n) is 19.9. The van der Waals surface area contributed by atoms with Crippen LogP contribution in [0.3, 0.4) is 0 Å². The normalized spacial score (nSPS) is 14.8. The predicted molar refractivity (Wildman–Crippen MR) is 245 cm³/mol. The molecule has 0 saturated heterocycles. The number of benzene rings is 6. The predicted octanol–water partition coefficient (Wildman–Crippen LogP) is 11.7. The Labute approximate surface area is 344 Å². The lowest BCUT2D eigenvalue weighted by atomic mass is 9.99. The third kappa shape index (κ3) is 7.89. The average Bonchev–Trinajstić information content (AvgIpc) is 3.64. The fourth-order valence-corrected chi connectivity index (χ4v) is 7.55. The Morgan fingerprint density at radius 3 is 2.22 bits per heavy atom. The van der Waals surface area contributed by atoms with Crippen LogP contribution in [-0.4, -0.2) is 18.4 Å². The standard InChI is InChI=1S/C53H42N4O2/c1-3-4-23-48-45(35-52(55-36-37-16-8-5-9-17-37)56-53(54-2)40-20-12-7-13-21-40)44-33-41(28-32-49(44)58-48)39-25-29-43(30-26-39)57-46-22-14-15-24-50(46)59-51-34-42(27-31-47(51)57)38-18-10-6-11-19-38/h3-13,15-21,23-35H,2,14,22,36H2,1H3/b4-3-,45-35?,48-23+,55-52?,56-53?. The van der Waals surface area contributed by atoms with Crippen LogP contribution in [0.2, 0.25) is 0 Å². The average molecular weight is 767 g/mol. The van der Waals surface area contributed by atoms with Gasteiger partial charge in [-0.15, -0.1) is 0 Å². The molecule has 6 heteroatoms. The molecule has 0 amide bonds. The summed E-state index contributed by atoms with van der Waals surface area (Å²) < 4.78 is 13.0. The zero-order valence-corrected chi connectivity index (χ0v) is 32.8. The summed E-state index contributed by atoms with van der Waals surface area (Å²) in [5.74, 6) is 2.75. The van der Waals surface area contributed by atoms with Crippen molar-refractivity contribution in [1.29, 1.82) is 0 Å². The minimum absolute atomic E-state index is 0.452. The molecule has 2 heterocycles. The third-order valence-corrected chi connectivity index (χ3v) is 10.5. The highest BCUT2D eigenvalue weighted by Gasteiger charge is 2.28. The van der Waals surface area contributed by atoms with E-state index >= 15 is 0 Å². The summed E-state index contributed by atoms with van der Waals surface area (Å²) in [4.78, 5) is 16.6. The van der Waals surface area contributed by atoms with Crippen molar-refractivity contribution in [2.45, 2.75) is 26.3 Å². The number of anilines is 2. The molecule has 9 rings (SSSR count). The van der Waals surface area contributed by atoms with E-state index in [2.05, 4.69) is 120 Å². The molecule has 0 radical (unpaired) electrons. The molecule has 0 atom stereocenters. The van der Waals surface area contributed by atoms with E-state index < -0.39 is 0 Å². The quantitative estimate of drug-likeness (QED) is 0.114. The number of amidine groups is 2. The van der Waals surface area contributed by atoms with Crippen LogP contribution >= 0.6 is 0 Å². The second kappa shape index (κ2) is 16.9. The number of aliphatic imine (C=N–C) groups is 3. The number of nitrogens with zero attached hydrogens (tertiary/aromatic N) is 4. The van der Waals surface area contributed by atoms with Gasteiger partial charge in [0, 0.05) is 21.9 Å². The van der Waals surface area contributed by atoms with Gasteiger partial charge in [0.2, 0.25) is 0 Å². The Morgan fingerprint density at radius 2 is 1.46 bits per heavy atom. The van der Waals surface area contributed by atoms with E-state index in [1.807, 2.05) is 91.9 Å². The van der Waals surface area contributed by atoms with Gasteiger partial charge in [0.05, 0.1) is 17.9 Å². The zero-order valence-electron chi connectivity index (χ0n) is 32.8. The van der Waals surface area contributed by atoms with E-state index in [4.69, 9.17) is 19.1 Å². The van der Waals surface area contributed by atoms with Gasteiger partial charge in [0.25, 0.3) is 0 Å². The van der Waals surface area contributed by atoms with Crippen molar-refractivity contribution in [3.8, 4) is 28.0 Å². The van der Waals surface area contributed by atoms with E-state index in [1.54, 1.807) is 0 Å². The molecular weight excluding hydrogens is 725 g/mol. The highest BCUT2D eigenvalue weighted by atomic mass is 16.5. The molecule has 0 saturated carbocycles. The lowest BCUT2D eigenvalue weighted by Crippen LogP contribution is -2.25. The highest BCUT2D eigenvalue weighted by Crippen LogP contribution is 2.46. The Kier molecular flexibility index (Phi) is 10.6. The van der Waals surface area contributed by atoms with Crippen LogP contribution in [0, 0.1) is 0 Å². The van der Waals surface area contributed by atoms with Crippen molar-refractivity contribution in [2.75, 3.05) is 4.90 Å². The molecule has 59 heavy (non-hydrogen) atoms. The van der Waals surface area contributed by atoms with E-state index in [0.29, 0.717) is 23.6 Å². The molecule has 0 spiro atoms. The Morgan fingerprint density at radius 1 is 0.763 bits per heavy atom. The van der Waals surface area contributed by atoms with E-state index in [0.717, 1.165) is 85.3 Å². The number of ether oxygens (including phenoxy) is 1. The molecule has 1 aliphatic carbocycles. The number of rotatable bonds is 8. The highest BCUT2D eigenvalue weighted by molar-refractivity contribution is 6.18. The van der Waals surface area contributed by atoms with Gasteiger partial charge in [-0.3, -0.25) is 4.99 Å². The fraction of sp³-hybridized carbons (Fsp3) is 0.0755. The second-order valence-electron chi connectivity index (χ2n) is 14.3. The molecule has 1 aromatic heterocycles. The fourth-order valence-electron chi connectivity index (χ4n) is 7.55. The molecule has 1 aliphatic heterocycles. The lowest BCUT2D eigenvalue weighted by Gasteiger charge is -2.36. The molecule has 0 unspecified atom stereocenters. The maximum atomic E-state index is 6.54. The molecule has 0 fully saturated rings. The van der Waals surface area contributed by atoms with Gasteiger partial charge in [0.15, 0.2) is 17.4 Å². The first-order valence-corrected chi connectivity index (χ1v) is 19.9. The number of fused-ring (bicyclic) bond motifs is 2. The van der Waals surface area contributed by atoms with Gasteiger partial charge in [-0.25, -0.2) is 9.98 Å². The maximum Gasteiger partial charge on any atom is 0.160 e. The largest absolute Gasteiger partial charge is 0.456 e. The molecule has 2 aliphatic rings. The summed E-state index contributed by atoms with van der Waals surface area (Å²) in [6.45, 7) is 6.28. The molecule has 0 N–H and O–H groups in total. The number of allylic oxidation sites excluding steroid dienone is 5. The first kappa shape index (κ1) is 37.0. The minimum Gasteiger partial charge on any atom is -0.456 e. The smallest absolute Gasteiger partial charge is 0.160 e. The van der Waals surface area contributed by atoms with Gasteiger partial charge in [0.1, 0.15) is 16.8 Å². The van der Waals surface area contributed by atoms with Crippen LogP contribution in [-0.2, 0) is 6.54 Å². The van der Waals surface area contributed by atoms with Crippen LogP contribution in [0.5, 0.6) is 5.75 Å². The van der Waals surface area contributed by atoms with Crippen molar-refractivity contribution in [3.05, 3.63) is 209 Å². The van der Waals surface area contributed by atoms with Crippen molar-refractivity contribution >= 4 is 52.9 Å². The van der Waals surface area contributed by atoms with Gasteiger partial charge < -0.3 is 14.1 Å². The van der Waals surface area contributed by atoms with Crippen LogP contribution in [0.25, 0.3) is 45.4 Å². The van der Waals surface area contributed by atoms with Crippen molar-refractivity contribution in [3.63, 3.8) is 0 Å². The van der Waals surface area contributed by atoms with Crippen LogP contribution in [0.15, 0.2) is 207 Å². The third-order valence-electron chi connectivity index (χ3n) is 10.5. The zero-order chi connectivity index (χ0) is 40.0.